The molecule has 1 aromatic carbocycles. The second kappa shape index (κ2) is 9.33. The van der Waals surface area contributed by atoms with E-state index in [0.717, 1.165) is 32.0 Å². The maximum Gasteiger partial charge on any atom is 0.191 e. The summed E-state index contributed by atoms with van der Waals surface area (Å²) in [7, 11) is 6.00. The molecule has 4 nitrogen and oxygen atoms in total. The van der Waals surface area contributed by atoms with Crippen molar-refractivity contribution in [3.05, 3.63) is 57.8 Å². The number of guanidine groups is 1. The van der Waals surface area contributed by atoms with Crippen LogP contribution in [0.3, 0.4) is 0 Å². The molecule has 5 heteroatoms. The molecule has 0 radical (unpaired) electrons. The molecule has 0 fully saturated rings. The molecule has 0 aliphatic rings. The molecule has 2 rings (SSSR count). The van der Waals surface area contributed by atoms with Crippen LogP contribution in [0.2, 0.25) is 0 Å². The predicted octanol–water partition coefficient (Wildman–Crippen LogP) is 2.72. The van der Waals surface area contributed by atoms with Crippen molar-refractivity contribution in [1.29, 1.82) is 0 Å². The maximum atomic E-state index is 4.30. The van der Waals surface area contributed by atoms with Crippen molar-refractivity contribution >= 4 is 17.3 Å². The first-order chi connectivity index (χ1) is 11.2. The lowest BCUT2D eigenvalue weighted by atomic mass is 10.1. The molecule has 0 saturated heterocycles. The molecule has 0 spiro atoms. The number of thiophene rings is 1. The summed E-state index contributed by atoms with van der Waals surface area (Å²) < 4.78 is 0. The second-order valence-electron chi connectivity index (χ2n) is 5.69. The Balaban J connectivity index is 1.83. The molecule has 23 heavy (non-hydrogen) atoms. The number of hydrogen-bond donors (Lipinski definition) is 2. The number of benzene rings is 1. The van der Waals surface area contributed by atoms with Crippen LogP contribution in [0.15, 0.2) is 46.8 Å². The zero-order valence-corrected chi connectivity index (χ0v) is 15.0. The van der Waals surface area contributed by atoms with Crippen LogP contribution in [0.4, 0.5) is 0 Å². The highest BCUT2D eigenvalue weighted by atomic mass is 32.1. The highest BCUT2D eigenvalue weighted by Gasteiger charge is 2.04. The van der Waals surface area contributed by atoms with E-state index in [1.54, 1.807) is 11.3 Å². The van der Waals surface area contributed by atoms with Crippen LogP contribution in [-0.2, 0) is 19.5 Å². The van der Waals surface area contributed by atoms with E-state index in [4.69, 9.17) is 0 Å². The summed E-state index contributed by atoms with van der Waals surface area (Å²) >= 11 is 1.80. The van der Waals surface area contributed by atoms with Crippen LogP contribution in [0.5, 0.6) is 0 Å². The molecule has 0 atom stereocenters. The summed E-state index contributed by atoms with van der Waals surface area (Å²) in [6.45, 7) is 2.62. The quantitative estimate of drug-likeness (QED) is 0.606. The Bertz CT molecular complexity index is 605. The van der Waals surface area contributed by atoms with Gasteiger partial charge in [-0.05, 0) is 43.1 Å². The number of nitrogens with one attached hydrogen (secondary N) is 2. The molecular weight excluding hydrogens is 304 g/mol. The van der Waals surface area contributed by atoms with E-state index in [9.17, 15) is 0 Å². The molecule has 0 amide bonds. The first-order valence-corrected chi connectivity index (χ1v) is 8.75. The first kappa shape index (κ1) is 17.5. The molecule has 0 aliphatic heterocycles. The summed E-state index contributed by atoms with van der Waals surface area (Å²) in [5.41, 5.74) is 2.65. The van der Waals surface area contributed by atoms with Gasteiger partial charge in [-0.1, -0.05) is 30.3 Å². The highest BCUT2D eigenvalue weighted by Crippen LogP contribution is 2.10. The lowest BCUT2D eigenvalue weighted by Gasteiger charge is -2.16. The normalized spacial score (nSPS) is 11.7. The Morgan fingerprint density at radius 3 is 2.52 bits per heavy atom. The van der Waals surface area contributed by atoms with Gasteiger partial charge in [0, 0.05) is 31.6 Å². The summed E-state index contributed by atoms with van der Waals surface area (Å²) in [6.07, 6.45) is 1.02. The Kier molecular flexibility index (Phi) is 7.10. The molecule has 2 aromatic rings. The number of nitrogens with zero attached hydrogens (tertiary/aromatic N) is 2. The largest absolute Gasteiger partial charge is 0.356 e. The van der Waals surface area contributed by atoms with Crippen molar-refractivity contribution in [3.63, 3.8) is 0 Å². The van der Waals surface area contributed by atoms with Gasteiger partial charge in [0.15, 0.2) is 5.96 Å². The minimum Gasteiger partial charge on any atom is -0.356 e. The van der Waals surface area contributed by atoms with Gasteiger partial charge >= 0.3 is 0 Å². The van der Waals surface area contributed by atoms with Gasteiger partial charge in [-0.2, -0.15) is 0 Å². The van der Waals surface area contributed by atoms with Gasteiger partial charge in [-0.3, -0.25) is 4.99 Å². The standard InChI is InChI=1S/C18H26N4S/c1-19-18(20-11-10-17-9-6-12-23-17)21-13-15-7-4-5-8-16(15)14-22(2)3/h4-9,12H,10-11,13-14H2,1-3H3,(H2,19,20,21). The molecule has 1 aromatic heterocycles. The SMILES string of the molecule is CN=C(NCCc1cccs1)NCc1ccccc1CN(C)C. The molecule has 124 valence electrons. The maximum absolute atomic E-state index is 4.30. The van der Waals surface area contributed by atoms with Gasteiger partial charge in [0.2, 0.25) is 0 Å². The molecule has 0 bridgehead atoms. The van der Waals surface area contributed by atoms with Gasteiger partial charge in [0.1, 0.15) is 0 Å². The van der Waals surface area contributed by atoms with Crippen molar-refractivity contribution < 1.29 is 0 Å². The van der Waals surface area contributed by atoms with Crippen LogP contribution in [0.25, 0.3) is 0 Å². The van der Waals surface area contributed by atoms with Crippen molar-refractivity contribution in [2.45, 2.75) is 19.5 Å². The Morgan fingerprint density at radius 2 is 1.87 bits per heavy atom. The van der Waals surface area contributed by atoms with E-state index in [1.807, 2.05) is 7.05 Å². The average Bonchev–Trinajstić information content (AvgIpc) is 3.05. The van der Waals surface area contributed by atoms with E-state index in [0.29, 0.717) is 0 Å². The van der Waals surface area contributed by atoms with Crippen molar-refractivity contribution in [2.24, 2.45) is 4.99 Å². The van der Waals surface area contributed by atoms with E-state index in [-0.39, 0.29) is 0 Å². The van der Waals surface area contributed by atoms with Gasteiger partial charge in [-0.15, -0.1) is 11.3 Å². The summed E-state index contributed by atoms with van der Waals surface area (Å²) in [4.78, 5) is 7.88. The molecule has 0 unspecified atom stereocenters. The zero-order valence-electron chi connectivity index (χ0n) is 14.2. The van der Waals surface area contributed by atoms with E-state index >= 15 is 0 Å². The minimum atomic E-state index is 0.780. The Labute approximate surface area is 143 Å². The second-order valence-corrected chi connectivity index (χ2v) is 6.72. The van der Waals surface area contributed by atoms with Gasteiger partial charge < -0.3 is 15.5 Å². The summed E-state index contributed by atoms with van der Waals surface area (Å²) in [5.74, 6) is 0.848. The molecule has 1 heterocycles. The number of hydrogen-bond acceptors (Lipinski definition) is 3. The Morgan fingerprint density at radius 1 is 1.09 bits per heavy atom. The number of rotatable bonds is 7. The summed E-state index contributed by atoms with van der Waals surface area (Å²) in [5, 5.41) is 8.89. The van der Waals surface area contributed by atoms with Gasteiger partial charge in [0.05, 0.1) is 0 Å². The predicted molar refractivity (Wildman–Crippen MR) is 100 cm³/mol. The molecular formula is C18H26N4S. The third-order valence-corrected chi connectivity index (χ3v) is 4.45. The van der Waals surface area contributed by atoms with Gasteiger partial charge in [-0.25, -0.2) is 0 Å². The molecule has 0 saturated carbocycles. The van der Waals surface area contributed by atoms with E-state index in [1.165, 1.54) is 16.0 Å². The highest BCUT2D eigenvalue weighted by molar-refractivity contribution is 7.09. The summed E-state index contributed by atoms with van der Waals surface area (Å²) in [6, 6.07) is 12.8. The van der Waals surface area contributed by atoms with Crippen molar-refractivity contribution in [2.75, 3.05) is 27.7 Å². The third kappa shape index (κ3) is 6.04. The van der Waals surface area contributed by atoms with E-state index in [2.05, 4.69) is 76.4 Å². The van der Waals surface area contributed by atoms with Crippen LogP contribution in [0, 0.1) is 0 Å². The van der Waals surface area contributed by atoms with Gasteiger partial charge in [0.25, 0.3) is 0 Å². The minimum absolute atomic E-state index is 0.780. The third-order valence-electron chi connectivity index (χ3n) is 3.52. The average molecular weight is 331 g/mol. The Hall–Kier alpha value is -1.85. The van der Waals surface area contributed by atoms with Crippen LogP contribution < -0.4 is 10.6 Å². The topological polar surface area (TPSA) is 39.7 Å². The van der Waals surface area contributed by atoms with Crippen LogP contribution in [0.1, 0.15) is 16.0 Å². The zero-order chi connectivity index (χ0) is 16.5. The lowest BCUT2D eigenvalue weighted by Crippen LogP contribution is -2.38. The smallest absolute Gasteiger partial charge is 0.191 e. The van der Waals surface area contributed by atoms with E-state index < -0.39 is 0 Å². The molecule has 2 N–H and O–H groups in total. The number of aliphatic imine (C=N–C) groups is 1. The first-order valence-electron chi connectivity index (χ1n) is 7.87. The van der Waals surface area contributed by atoms with Crippen molar-refractivity contribution in [1.82, 2.24) is 15.5 Å². The lowest BCUT2D eigenvalue weighted by molar-refractivity contribution is 0.400. The fraction of sp³-hybridized carbons (Fsp3) is 0.389. The van der Waals surface area contributed by atoms with Crippen LogP contribution in [-0.4, -0.2) is 38.5 Å². The van der Waals surface area contributed by atoms with Crippen molar-refractivity contribution in [3.8, 4) is 0 Å². The van der Waals surface area contributed by atoms with Crippen LogP contribution >= 0.6 is 11.3 Å². The fourth-order valence-corrected chi connectivity index (χ4v) is 3.09. The monoisotopic (exact) mass is 330 g/mol. The fourth-order valence-electron chi connectivity index (χ4n) is 2.38. The molecule has 0 aliphatic carbocycles.